The molecule has 2 unspecified atom stereocenters. The zero-order chi connectivity index (χ0) is 13.1. The number of fused-ring (bicyclic) bond motifs is 1. The van der Waals surface area contributed by atoms with Gasteiger partial charge in [0.2, 0.25) is 5.91 Å². The molecule has 2 N–H and O–H groups in total. The maximum absolute atomic E-state index is 12.6. The van der Waals surface area contributed by atoms with Crippen molar-refractivity contribution in [1.29, 1.82) is 0 Å². The van der Waals surface area contributed by atoms with Crippen LogP contribution in [0.25, 0.3) is 0 Å². The number of amides is 1. The van der Waals surface area contributed by atoms with Crippen LogP contribution >= 0.6 is 0 Å². The Morgan fingerprint density at radius 3 is 2.89 bits per heavy atom. The summed E-state index contributed by atoms with van der Waals surface area (Å²) in [7, 11) is 0. The molecule has 0 aromatic heterocycles. The normalized spacial score (nSPS) is 19.7. The summed E-state index contributed by atoms with van der Waals surface area (Å²) in [5, 5.41) is 0. The molecule has 1 aromatic rings. The number of carbonyl (C=O) groups is 1. The highest BCUT2D eigenvalue weighted by molar-refractivity contribution is 5.97. The summed E-state index contributed by atoms with van der Waals surface area (Å²) in [5.74, 6) is 0.153. The summed E-state index contributed by atoms with van der Waals surface area (Å²) >= 11 is 0. The first kappa shape index (κ1) is 13.1. The monoisotopic (exact) mass is 246 g/mol. The number of rotatable bonds is 4. The van der Waals surface area contributed by atoms with Crippen molar-refractivity contribution in [2.75, 3.05) is 11.4 Å². The number of para-hydroxylation sites is 1. The third kappa shape index (κ3) is 2.27. The van der Waals surface area contributed by atoms with Gasteiger partial charge in [0, 0.05) is 18.3 Å². The smallest absolute Gasteiger partial charge is 0.231 e. The first-order chi connectivity index (χ1) is 8.69. The molecule has 0 saturated carbocycles. The Kier molecular flexibility index (Phi) is 4.02. The lowest BCUT2D eigenvalue weighted by Gasteiger charge is -2.27. The molecule has 0 saturated heterocycles. The van der Waals surface area contributed by atoms with E-state index >= 15 is 0 Å². The lowest BCUT2D eigenvalue weighted by molar-refractivity contribution is -0.122. The Balaban J connectivity index is 2.25. The Labute approximate surface area is 109 Å². The van der Waals surface area contributed by atoms with Gasteiger partial charge >= 0.3 is 0 Å². The van der Waals surface area contributed by atoms with Crippen molar-refractivity contribution in [2.24, 2.45) is 11.7 Å². The molecule has 1 aromatic carbocycles. The number of anilines is 1. The van der Waals surface area contributed by atoms with Crippen molar-refractivity contribution in [3.8, 4) is 0 Å². The quantitative estimate of drug-likeness (QED) is 0.886. The molecule has 1 aliphatic heterocycles. The summed E-state index contributed by atoms with van der Waals surface area (Å²) in [6.45, 7) is 4.65. The molecule has 0 radical (unpaired) electrons. The van der Waals surface area contributed by atoms with Crippen molar-refractivity contribution in [3.05, 3.63) is 29.8 Å². The summed E-state index contributed by atoms with van der Waals surface area (Å²) in [6.07, 6.45) is 2.82. The maximum atomic E-state index is 12.6. The second-order valence-electron chi connectivity index (χ2n) is 5.11. The Morgan fingerprint density at radius 1 is 1.50 bits per heavy atom. The van der Waals surface area contributed by atoms with Crippen LogP contribution in [-0.2, 0) is 11.2 Å². The van der Waals surface area contributed by atoms with Crippen LogP contribution in [0, 0.1) is 5.92 Å². The molecule has 0 fully saturated rings. The van der Waals surface area contributed by atoms with Gasteiger partial charge in [0.1, 0.15) is 0 Å². The molecule has 2 atom stereocenters. The zero-order valence-electron chi connectivity index (χ0n) is 11.2. The summed E-state index contributed by atoms with van der Waals surface area (Å²) in [6, 6.07) is 8.42. The van der Waals surface area contributed by atoms with E-state index in [-0.39, 0.29) is 17.9 Å². The molecule has 1 aliphatic rings. The number of nitrogens with zero attached hydrogens (tertiary/aromatic N) is 1. The summed E-state index contributed by atoms with van der Waals surface area (Å²) in [4.78, 5) is 14.5. The molecule has 3 heteroatoms. The maximum Gasteiger partial charge on any atom is 0.231 e. The number of carbonyl (C=O) groups excluding carboxylic acids is 1. The third-order valence-electron chi connectivity index (χ3n) is 3.72. The molecule has 2 rings (SSSR count). The van der Waals surface area contributed by atoms with E-state index in [9.17, 15) is 4.79 Å². The van der Waals surface area contributed by atoms with Crippen molar-refractivity contribution in [2.45, 2.75) is 39.2 Å². The van der Waals surface area contributed by atoms with Gasteiger partial charge in [-0.25, -0.2) is 0 Å². The number of hydrogen-bond donors (Lipinski definition) is 1. The lowest BCUT2D eigenvalue weighted by atomic mass is 10.0. The number of benzene rings is 1. The Morgan fingerprint density at radius 2 is 2.22 bits per heavy atom. The van der Waals surface area contributed by atoms with Crippen molar-refractivity contribution < 1.29 is 4.79 Å². The molecule has 0 spiro atoms. The van der Waals surface area contributed by atoms with E-state index in [1.54, 1.807) is 0 Å². The standard InChI is InChI=1S/C15H22N2O/c1-3-6-13(10-16)15(18)17-11(2)9-12-7-4-5-8-14(12)17/h4-5,7-8,11,13H,3,6,9-10,16H2,1-2H3. The first-order valence-corrected chi connectivity index (χ1v) is 6.80. The molecule has 0 aliphatic carbocycles. The van der Waals surface area contributed by atoms with Crippen molar-refractivity contribution in [1.82, 2.24) is 0 Å². The van der Waals surface area contributed by atoms with Crippen LogP contribution in [0.15, 0.2) is 24.3 Å². The minimum absolute atomic E-state index is 0.0383. The van der Waals surface area contributed by atoms with Gasteiger partial charge in [0.05, 0.1) is 5.92 Å². The van der Waals surface area contributed by atoms with Crippen molar-refractivity contribution >= 4 is 11.6 Å². The lowest BCUT2D eigenvalue weighted by Crippen LogP contribution is -2.42. The van der Waals surface area contributed by atoms with Crippen LogP contribution in [-0.4, -0.2) is 18.5 Å². The van der Waals surface area contributed by atoms with Gasteiger partial charge in [-0.3, -0.25) is 4.79 Å². The van der Waals surface area contributed by atoms with E-state index in [0.29, 0.717) is 6.54 Å². The van der Waals surface area contributed by atoms with Gasteiger partial charge in [0.15, 0.2) is 0 Å². The number of hydrogen-bond acceptors (Lipinski definition) is 2. The van der Waals surface area contributed by atoms with Crippen LogP contribution < -0.4 is 10.6 Å². The topological polar surface area (TPSA) is 46.3 Å². The van der Waals surface area contributed by atoms with Crippen LogP contribution in [0.3, 0.4) is 0 Å². The second kappa shape index (κ2) is 5.53. The van der Waals surface area contributed by atoms with Crippen LogP contribution in [0.1, 0.15) is 32.3 Å². The highest BCUT2D eigenvalue weighted by Gasteiger charge is 2.33. The third-order valence-corrected chi connectivity index (χ3v) is 3.72. The van der Waals surface area contributed by atoms with E-state index in [4.69, 9.17) is 5.73 Å². The Bertz CT molecular complexity index is 430. The molecule has 1 heterocycles. The molecular formula is C15H22N2O. The van der Waals surface area contributed by atoms with Gasteiger partial charge < -0.3 is 10.6 Å². The van der Waals surface area contributed by atoms with Crippen LogP contribution in [0.5, 0.6) is 0 Å². The SMILES string of the molecule is CCCC(CN)C(=O)N1c2ccccc2CC1C. The van der Waals surface area contributed by atoms with Gasteiger partial charge in [-0.2, -0.15) is 0 Å². The fourth-order valence-electron chi connectivity index (χ4n) is 2.79. The van der Waals surface area contributed by atoms with E-state index in [2.05, 4.69) is 19.9 Å². The van der Waals surface area contributed by atoms with Gasteiger partial charge in [-0.05, 0) is 31.4 Å². The highest BCUT2D eigenvalue weighted by Crippen LogP contribution is 2.33. The molecule has 3 nitrogen and oxygen atoms in total. The average molecular weight is 246 g/mol. The molecule has 0 bridgehead atoms. The average Bonchev–Trinajstić information content (AvgIpc) is 2.71. The largest absolute Gasteiger partial charge is 0.330 e. The van der Waals surface area contributed by atoms with E-state index in [1.807, 2.05) is 23.1 Å². The molecule has 1 amide bonds. The molecule has 98 valence electrons. The Hall–Kier alpha value is -1.35. The minimum Gasteiger partial charge on any atom is -0.330 e. The fourth-order valence-corrected chi connectivity index (χ4v) is 2.79. The molecule has 18 heavy (non-hydrogen) atoms. The first-order valence-electron chi connectivity index (χ1n) is 6.80. The van der Waals surface area contributed by atoms with Gasteiger partial charge in [0.25, 0.3) is 0 Å². The minimum atomic E-state index is -0.0383. The van der Waals surface area contributed by atoms with Crippen LogP contribution in [0.4, 0.5) is 5.69 Å². The number of nitrogens with two attached hydrogens (primary N) is 1. The van der Waals surface area contributed by atoms with E-state index in [0.717, 1.165) is 24.9 Å². The molecular weight excluding hydrogens is 224 g/mol. The van der Waals surface area contributed by atoms with E-state index < -0.39 is 0 Å². The zero-order valence-corrected chi connectivity index (χ0v) is 11.2. The van der Waals surface area contributed by atoms with Gasteiger partial charge in [-0.1, -0.05) is 31.5 Å². The predicted octanol–water partition coefficient (Wildman–Crippen LogP) is 2.34. The van der Waals surface area contributed by atoms with Crippen LogP contribution in [0.2, 0.25) is 0 Å². The fraction of sp³-hybridized carbons (Fsp3) is 0.533. The van der Waals surface area contributed by atoms with Gasteiger partial charge in [-0.15, -0.1) is 0 Å². The highest BCUT2D eigenvalue weighted by atomic mass is 16.2. The van der Waals surface area contributed by atoms with Crippen molar-refractivity contribution in [3.63, 3.8) is 0 Å². The van der Waals surface area contributed by atoms with E-state index in [1.165, 1.54) is 5.56 Å². The summed E-state index contributed by atoms with van der Waals surface area (Å²) in [5.41, 5.74) is 8.09. The predicted molar refractivity (Wildman–Crippen MR) is 74.5 cm³/mol. The second-order valence-corrected chi connectivity index (χ2v) is 5.11. The summed E-state index contributed by atoms with van der Waals surface area (Å²) < 4.78 is 0.